The zero-order chi connectivity index (χ0) is 34.9. The molecule has 2 heterocycles. The standard InChI is InChI=1S/2C15H20BrN.C15H21N/c2*1-11(12-5-3-2-4-6-12)17-10-9-13-7-8-14(16)15(13)17;1-13(15-9-3-2-4-10-15)16-12-11-14-7-5-6-8-14/h2*2-6,11,13-15H,7-10H2,1H3;2-5,7,9-10,13-14,16H,6,8,11-12H2,1H3/t11-,13+,14-,15-;11-,13-,14+,15+;13-,14?/m111/s1. The molecule has 3 aromatic carbocycles. The van der Waals surface area contributed by atoms with Gasteiger partial charge in [0, 0.05) is 39.9 Å². The molecule has 3 aromatic rings. The monoisotopic (exact) mass is 801 g/mol. The number of hydrogen-bond donors (Lipinski definition) is 1. The van der Waals surface area contributed by atoms with Gasteiger partial charge in [-0.2, -0.15) is 0 Å². The highest BCUT2D eigenvalue weighted by atomic mass is 79.9. The van der Waals surface area contributed by atoms with Crippen LogP contribution in [0.4, 0.5) is 0 Å². The molecule has 8 rings (SSSR count). The molecule has 2 saturated carbocycles. The zero-order valence-corrected chi connectivity index (χ0v) is 33.9. The van der Waals surface area contributed by atoms with E-state index in [2.05, 4.69) is 171 Å². The van der Waals surface area contributed by atoms with Crippen molar-refractivity contribution in [1.29, 1.82) is 0 Å². The third kappa shape index (κ3) is 9.61. The van der Waals surface area contributed by atoms with E-state index >= 15 is 0 Å². The van der Waals surface area contributed by atoms with Crippen LogP contribution in [0.1, 0.15) is 113 Å². The summed E-state index contributed by atoms with van der Waals surface area (Å²) in [6, 6.07) is 35.6. The highest BCUT2D eigenvalue weighted by Crippen LogP contribution is 2.46. The summed E-state index contributed by atoms with van der Waals surface area (Å²) in [7, 11) is 0. The number of fused-ring (bicyclic) bond motifs is 2. The predicted molar refractivity (Wildman–Crippen MR) is 220 cm³/mol. The van der Waals surface area contributed by atoms with Crippen molar-refractivity contribution in [2.45, 2.75) is 118 Å². The van der Waals surface area contributed by atoms with Crippen molar-refractivity contribution in [3.05, 3.63) is 120 Å². The summed E-state index contributed by atoms with van der Waals surface area (Å²) in [6.45, 7) is 10.6. The fraction of sp³-hybridized carbons (Fsp3) is 0.556. The average molecular weight is 804 g/mol. The number of nitrogens with one attached hydrogen (secondary N) is 1. The summed E-state index contributed by atoms with van der Waals surface area (Å²) >= 11 is 7.77. The van der Waals surface area contributed by atoms with Crippen LogP contribution in [0.3, 0.4) is 0 Å². The molecule has 5 heteroatoms. The van der Waals surface area contributed by atoms with Crippen LogP contribution in [0, 0.1) is 17.8 Å². The molecule has 270 valence electrons. The van der Waals surface area contributed by atoms with Crippen LogP contribution in [0.25, 0.3) is 0 Å². The average Bonchev–Trinajstić information content (AvgIpc) is 4.01. The lowest BCUT2D eigenvalue weighted by Gasteiger charge is -2.32. The minimum absolute atomic E-state index is 0.464. The van der Waals surface area contributed by atoms with E-state index in [1.54, 1.807) is 0 Å². The summed E-state index contributed by atoms with van der Waals surface area (Å²) in [5.74, 6) is 2.69. The Bertz CT molecular complexity index is 1360. The topological polar surface area (TPSA) is 18.5 Å². The first-order valence-electron chi connectivity index (χ1n) is 19.7. The van der Waals surface area contributed by atoms with Gasteiger partial charge < -0.3 is 5.32 Å². The molecular weight excluding hydrogens is 742 g/mol. The van der Waals surface area contributed by atoms with Crippen LogP contribution in [0.2, 0.25) is 0 Å². The number of rotatable bonds is 9. The second-order valence-electron chi connectivity index (χ2n) is 15.6. The van der Waals surface area contributed by atoms with E-state index in [0.29, 0.717) is 27.8 Å². The van der Waals surface area contributed by atoms with Gasteiger partial charge >= 0.3 is 0 Å². The van der Waals surface area contributed by atoms with Crippen molar-refractivity contribution < 1.29 is 0 Å². The van der Waals surface area contributed by atoms with E-state index in [0.717, 1.165) is 36.4 Å². The van der Waals surface area contributed by atoms with Crippen LogP contribution >= 0.6 is 31.9 Å². The van der Waals surface area contributed by atoms with Gasteiger partial charge in [0.1, 0.15) is 0 Å². The quantitative estimate of drug-likeness (QED) is 0.172. The molecule has 2 saturated heterocycles. The molecule has 0 radical (unpaired) electrons. The SMILES string of the molecule is C[C@@H](NCCC1C=CCC1)c1ccccc1.C[C@H](c1ccccc1)N1CC[C@@H]2CC[C@@H](Br)[C@@H]21.C[C@H](c1ccccc1)N1CC[C@H]2CC[C@H](Br)[C@H]21. The largest absolute Gasteiger partial charge is 0.310 e. The third-order valence-electron chi connectivity index (χ3n) is 12.6. The second-order valence-corrected chi connectivity index (χ2v) is 17.9. The lowest BCUT2D eigenvalue weighted by molar-refractivity contribution is 0.188. The number of allylic oxidation sites excluding steroid dienone is 2. The molecule has 3 nitrogen and oxygen atoms in total. The van der Waals surface area contributed by atoms with E-state index in [1.165, 1.54) is 87.6 Å². The van der Waals surface area contributed by atoms with E-state index in [4.69, 9.17) is 0 Å². The maximum atomic E-state index is 3.88. The summed E-state index contributed by atoms with van der Waals surface area (Å²) in [4.78, 5) is 6.85. The van der Waals surface area contributed by atoms with Gasteiger partial charge in [-0.25, -0.2) is 0 Å². The van der Waals surface area contributed by atoms with Crippen LogP contribution in [-0.4, -0.2) is 51.2 Å². The number of likely N-dealkylation sites (tertiary alicyclic amines) is 2. The van der Waals surface area contributed by atoms with Crippen molar-refractivity contribution in [3.63, 3.8) is 0 Å². The van der Waals surface area contributed by atoms with Crippen LogP contribution in [-0.2, 0) is 0 Å². The minimum Gasteiger partial charge on any atom is -0.310 e. The lowest BCUT2D eigenvalue weighted by Crippen LogP contribution is -2.37. The predicted octanol–water partition coefficient (Wildman–Crippen LogP) is 11.7. The molecule has 2 aliphatic heterocycles. The summed E-state index contributed by atoms with van der Waals surface area (Å²) in [6.07, 6.45) is 16.9. The first kappa shape index (κ1) is 38.0. The molecule has 0 bridgehead atoms. The molecule has 0 amide bonds. The van der Waals surface area contributed by atoms with Gasteiger partial charge in [-0.05, 0) is 133 Å². The third-order valence-corrected chi connectivity index (χ3v) is 14.6. The van der Waals surface area contributed by atoms with Crippen molar-refractivity contribution >= 4 is 31.9 Å². The second kappa shape index (κ2) is 18.8. The van der Waals surface area contributed by atoms with Gasteiger partial charge in [0.2, 0.25) is 0 Å². The van der Waals surface area contributed by atoms with E-state index in [9.17, 15) is 0 Å². The fourth-order valence-electron chi connectivity index (χ4n) is 9.57. The first-order chi connectivity index (χ1) is 24.4. The smallest absolute Gasteiger partial charge is 0.0323 e. The molecule has 0 aromatic heterocycles. The molecule has 4 fully saturated rings. The molecule has 5 aliphatic rings. The molecule has 1 N–H and O–H groups in total. The van der Waals surface area contributed by atoms with Crippen molar-refractivity contribution in [1.82, 2.24) is 15.1 Å². The van der Waals surface area contributed by atoms with Gasteiger partial charge in [0.15, 0.2) is 0 Å². The fourth-order valence-corrected chi connectivity index (χ4v) is 11.6. The Kier molecular flexibility index (Phi) is 14.3. The van der Waals surface area contributed by atoms with Gasteiger partial charge in [0.25, 0.3) is 0 Å². The Morgan fingerprint density at radius 3 is 1.50 bits per heavy atom. The van der Waals surface area contributed by atoms with Crippen LogP contribution in [0.15, 0.2) is 103 Å². The first-order valence-corrected chi connectivity index (χ1v) is 21.6. The molecular formula is C45H61Br2N3. The Morgan fingerprint density at radius 1 is 0.600 bits per heavy atom. The number of halogens is 2. The molecule has 50 heavy (non-hydrogen) atoms. The summed E-state index contributed by atoms with van der Waals surface area (Å²) in [5.41, 5.74) is 4.30. The lowest BCUT2D eigenvalue weighted by atomic mass is 10.0. The maximum Gasteiger partial charge on any atom is 0.0323 e. The van der Waals surface area contributed by atoms with Gasteiger partial charge in [-0.3, -0.25) is 9.80 Å². The van der Waals surface area contributed by atoms with Gasteiger partial charge in [-0.1, -0.05) is 135 Å². The minimum atomic E-state index is 0.464. The zero-order valence-electron chi connectivity index (χ0n) is 30.7. The summed E-state index contributed by atoms with van der Waals surface area (Å²) < 4.78 is 0. The molecule has 0 spiro atoms. The Balaban J connectivity index is 0.000000130. The molecule has 3 aliphatic carbocycles. The van der Waals surface area contributed by atoms with E-state index in [1.807, 2.05) is 0 Å². The van der Waals surface area contributed by atoms with Gasteiger partial charge in [-0.15, -0.1) is 0 Å². The van der Waals surface area contributed by atoms with Crippen LogP contribution in [0.5, 0.6) is 0 Å². The Labute approximate surface area is 320 Å². The molecule has 1 unspecified atom stereocenters. The van der Waals surface area contributed by atoms with Crippen molar-refractivity contribution in [2.75, 3.05) is 19.6 Å². The van der Waals surface area contributed by atoms with Gasteiger partial charge in [0.05, 0.1) is 0 Å². The van der Waals surface area contributed by atoms with Crippen molar-refractivity contribution in [2.24, 2.45) is 17.8 Å². The Hall–Kier alpha value is -1.76. The molecule has 10 atom stereocenters. The number of benzene rings is 3. The van der Waals surface area contributed by atoms with E-state index < -0.39 is 0 Å². The van der Waals surface area contributed by atoms with Crippen molar-refractivity contribution in [3.8, 4) is 0 Å². The highest BCUT2D eigenvalue weighted by Gasteiger charge is 2.45. The maximum absolute atomic E-state index is 3.88. The summed E-state index contributed by atoms with van der Waals surface area (Å²) in [5, 5.41) is 3.59. The highest BCUT2D eigenvalue weighted by molar-refractivity contribution is 9.09. The Morgan fingerprint density at radius 2 is 1.06 bits per heavy atom. The number of alkyl halides is 2. The van der Waals surface area contributed by atoms with E-state index in [-0.39, 0.29) is 0 Å². The van der Waals surface area contributed by atoms with Crippen LogP contribution < -0.4 is 5.32 Å². The normalized spacial score (nSPS) is 30.5. The number of hydrogen-bond acceptors (Lipinski definition) is 3. The number of nitrogens with zero attached hydrogens (tertiary/aromatic N) is 2.